The molecule has 0 aromatic heterocycles. The number of hydrogen-bond donors (Lipinski definition) is 3. The third kappa shape index (κ3) is 5.41. The minimum absolute atomic E-state index is 0.0384. The van der Waals surface area contributed by atoms with Gasteiger partial charge in [-0.1, -0.05) is 17.7 Å². The summed E-state index contributed by atoms with van der Waals surface area (Å²) < 4.78 is 0. The van der Waals surface area contributed by atoms with E-state index in [-0.39, 0.29) is 23.6 Å². The monoisotopic (exact) mass is 365 g/mol. The first-order valence-corrected chi connectivity index (χ1v) is 9.07. The molecule has 27 heavy (non-hydrogen) atoms. The molecule has 0 atom stereocenters. The molecule has 1 aliphatic carbocycles. The molecular formula is C21H23N3O3. The lowest BCUT2D eigenvalue weighted by Gasteiger charge is -2.08. The predicted octanol–water partition coefficient (Wildman–Crippen LogP) is 2.50. The molecule has 0 heterocycles. The van der Waals surface area contributed by atoms with Gasteiger partial charge < -0.3 is 16.0 Å². The van der Waals surface area contributed by atoms with E-state index in [1.807, 2.05) is 19.1 Å². The summed E-state index contributed by atoms with van der Waals surface area (Å²) in [6.07, 6.45) is 1.90. The number of carbonyl (C=O) groups excluding carboxylic acids is 3. The van der Waals surface area contributed by atoms with E-state index in [0.29, 0.717) is 29.9 Å². The van der Waals surface area contributed by atoms with Gasteiger partial charge in [0, 0.05) is 35.8 Å². The van der Waals surface area contributed by atoms with Gasteiger partial charge in [0.2, 0.25) is 5.91 Å². The molecule has 6 heteroatoms. The molecule has 3 N–H and O–H groups in total. The van der Waals surface area contributed by atoms with E-state index in [4.69, 9.17) is 0 Å². The maximum atomic E-state index is 12.1. The summed E-state index contributed by atoms with van der Waals surface area (Å²) in [6.45, 7) is 2.63. The van der Waals surface area contributed by atoms with Gasteiger partial charge in [0.05, 0.1) is 0 Å². The van der Waals surface area contributed by atoms with Crippen LogP contribution in [-0.4, -0.2) is 30.8 Å². The smallest absolute Gasteiger partial charge is 0.251 e. The zero-order valence-electron chi connectivity index (χ0n) is 15.2. The molecule has 1 aliphatic rings. The first-order valence-electron chi connectivity index (χ1n) is 9.07. The molecule has 0 aliphatic heterocycles. The van der Waals surface area contributed by atoms with Gasteiger partial charge in [0.25, 0.3) is 11.8 Å². The van der Waals surface area contributed by atoms with Crippen LogP contribution < -0.4 is 16.0 Å². The summed E-state index contributed by atoms with van der Waals surface area (Å²) in [7, 11) is 0. The Balaban J connectivity index is 1.40. The standard InChI is InChI=1S/C21H23N3O3/c1-14-2-4-15(5-3-14)19(25)22-12-13-23-20(26)16-8-10-18(11-9-16)24-21(27)17-6-7-17/h2-5,8-11,17H,6-7,12-13H2,1H3,(H,22,25)(H,23,26)(H,24,27). The van der Waals surface area contributed by atoms with Crippen LogP contribution in [0.5, 0.6) is 0 Å². The highest BCUT2D eigenvalue weighted by Gasteiger charge is 2.29. The molecule has 3 rings (SSSR count). The molecular weight excluding hydrogens is 342 g/mol. The van der Waals surface area contributed by atoms with Crippen LogP contribution in [-0.2, 0) is 4.79 Å². The van der Waals surface area contributed by atoms with E-state index in [1.54, 1.807) is 36.4 Å². The largest absolute Gasteiger partial charge is 0.350 e. The number of aryl methyl sites for hydroxylation is 1. The molecule has 1 fully saturated rings. The van der Waals surface area contributed by atoms with Crippen LogP contribution in [0.15, 0.2) is 48.5 Å². The number of benzene rings is 2. The van der Waals surface area contributed by atoms with Crippen LogP contribution in [0.25, 0.3) is 0 Å². The van der Waals surface area contributed by atoms with Gasteiger partial charge in [-0.15, -0.1) is 0 Å². The molecule has 0 unspecified atom stereocenters. The third-order valence-corrected chi connectivity index (χ3v) is 4.37. The fourth-order valence-electron chi connectivity index (χ4n) is 2.56. The molecule has 3 amide bonds. The molecule has 140 valence electrons. The van der Waals surface area contributed by atoms with Gasteiger partial charge in [-0.3, -0.25) is 14.4 Å². The lowest BCUT2D eigenvalue weighted by Crippen LogP contribution is -2.34. The Morgan fingerprint density at radius 3 is 1.78 bits per heavy atom. The Bertz CT molecular complexity index is 825. The lowest BCUT2D eigenvalue weighted by molar-refractivity contribution is -0.117. The Morgan fingerprint density at radius 1 is 0.815 bits per heavy atom. The highest BCUT2D eigenvalue weighted by Crippen LogP contribution is 2.30. The number of nitrogens with one attached hydrogen (secondary N) is 3. The summed E-state index contributed by atoms with van der Waals surface area (Å²) in [6, 6.07) is 14.1. The summed E-state index contributed by atoms with van der Waals surface area (Å²) >= 11 is 0. The Kier molecular flexibility index (Phi) is 5.86. The van der Waals surface area contributed by atoms with Crippen molar-refractivity contribution in [2.75, 3.05) is 18.4 Å². The SMILES string of the molecule is Cc1ccc(C(=O)NCCNC(=O)c2ccc(NC(=O)C3CC3)cc2)cc1. The summed E-state index contributed by atoms with van der Waals surface area (Å²) in [5.74, 6) is -0.209. The highest BCUT2D eigenvalue weighted by molar-refractivity contribution is 5.97. The van der Waals surface area contributed by atoms with Crippen LogP contribution in [0.4, 0.5) is 5.69 Å². The zero-order valence-corrected chi connectivity index (χ0v) is 15.2. The van der Waals surface area contributed by atoms with Gasteiger partial charge in [-0.25, -0.2) is 0 Å². The molecule has 0 radical (unpaired) electrons. The first-order chi connectivity index (χ1) is 13.0. The summed E-state index contributed by atoms with van der Waals surface area (Å²) in [5.41, 5.74) is 2.88. The number of anilines is 1. The Hall–Kier alpha value is -3.15. The van der Waals surface area contributed by atoms with Crippen molar-refractivity contribution in [2.24, 2.45) is 5.92 Å². The number of hydrogen-bond acceptors (Lipinski definition) is 3. The topological polar surface area (TPSA) is 87.3 Å². The number of carbonyl (C=O) groups is 3. The average molecular weight is 365 g/mol. The van der Waals surface area contributed by atoms with Crippen molar-refractivity contribution in [1.82, 2.24) is 10.6 Å². The second kappa shape index (κ2) is 8.49. The van der Waals surface area contributed by atoms with E-state index >= 15 is 0 Å². The molecule has 2 aromatic rings. The Labute approximate surface area is 158 Å². The summed E-state index contributed by atoms with van der Waals surface area (Å²) in [4.78, 5) is 35.8. The quantitative estimate of drug-likeness (QED) is 0.659. The average Bonchev–Trinajstić information content (AvgIpc) is 3.51. The molecule has 6 nitrogen and oxygen atoms in total. The third-order valence-electron chi connectivity index (χ3n) is 4.37. The molecule has 0 saturated heterocycles. The van der Waals surface area contributed by atoms with Crippen molar-refractivity contribution >= 4 is 23.4 Å². The van der Waals surface area contributed by atoms with Crippen molar-refractivity contribution in [2.45, 2.75) is 19.8 Å². The minimum atomic E-state index is -0.223. The van der Waals surface area contributed by atoms with Crippen molar-refractivity contribution in [3.05, 3.63) is 65.2 Å². The van der Waals surface area contributed by atoms with Crippen molar-refractivity contribution in [1.29, 1.82) is 0 Å². The van der Waals surface area contributed by atoms with Gasteiger partial charge >= 0.3 is 0 Å². The fraction of sp³-hybridized carbons (Fsp3) is 0.286. The summed E-state index contributed by atoms with van der Waals surface area (Å²) in [5, 5.41) is 8.37. The lowest BCUT2D eigenvalue weighted by atomic mass is 10.1. The van der Waals surface area contributed by atoms with Crippen LogP contribution in [0.3, 0.4) is 0 Å². The second-order valence-electron chi connectivity index (χ2n) is 6.72. The van der Waals surface area contributed by atoms with Crippen LogP contribution in [0, 0.1) is 12.8 Å². The van der Waals surface area contributed by atoms with Gasteiger partial charge in [0.15, 0.2) is 0 Å². The van der Waals surface area contributed by atoms with E-state index in [9.17, 15) is 14.4 Å². The van der Waals surface area contributed by atoms with Crippen molar-refractivity contribution in [3.8, 4) is 0 Å². The van der Waals surface area contributed by atoms with E-state index in [2.05, 4.69) is 16.0 Å². The maximum Gasteiger partial charge on any atom is 0.251 e. The van der Waals surface area contributed by atoms with Gasteiger partial charge in [-0.2, -0.15) is 0 Å². The van der Waals surface area contributed by atoms with E-state index in [1.165, 1.54) is 0 Å². The minimum Gasteiger partial charge on any atom is -0.350 e. The first kappa shape index (κ1) is 18.6. The normalized spacial score (nSPS) is 12.9. The van der Waals surface area contributed by atoms with Crippen LogP contribution in [0.2, 0.25) is 0 Å². The Morgan fingerprint density at radius 2 is 1.30 bits per heavy atom. The van der Waals surface area contributed by atoms with E-state index < -0.39 is 0 Å². The van der Waals surface area contributed by atoms with E-state index in [0.717, 1.165) is 18.4 Å². The number of amides is 3. The molecule has 0 spiro atoms. The number of rotatable bonds is 7. The molecule has 1 saturated carbocycles. The predicted molar refractivity (Wildman–Crippen MR) is 104 cm³/mol. The van der Waals surface area contributed by atoms with Crippen molar-refractivity contribution in [3.63, 3.8) is 0 Å². The fourth-order valence-corrected chi connectivity index (χ4v) is 2.56. The van der Waals surface area contributed by atoms with Crippen LogP contribution >= 0.6 is 0 Å². The molecule has 2 aromatic carbocycles. The van der Waals surface area contributed by atoms with Crippen LogP contribution in [0.1, 0.15) is 39.1 Å². The maximum absolute atomic E-state index is 12.1. The second-order valence-corrected chi connectivity index (χ2v) is 6.72. The molecule has 0 bridgehead atoms. The van der Waals surface area contributed by atoms with Gasteiger partial charge in [0.1, 0.15) is 0 Å². The van der Waals surface area contributed by atoms with Crippen molar-refractivity contribution < 1.29 is 14.4 Å². The van der Waals surface area contributed by atoms with Gasteiger partial charge in [-0.05, 0) is 56.2 Å². The highest BCUT2D eigenvalue weighted by atomic mass is 16.2. The zero-order chi connectivity index (χ0) is 19.2.